The SMILES string of the molecule is CC1CCCN(C(=O)Cn2cc(CN3CCC(O)CC3)nn2)C1. The van der Waals surface area contributed by atoms with Gasteiger partial charge in [0, 0.05) is 32.7 Å². The number of carbonyl (C=O) groups is 1. The lowest BCUT2D eigenvalue weighted by Crippen LogP contribution is -2.40. The Morgan fingerprint density at radius 2 is 2.09 bits per heavy atom. The van der Waals surface area contributed by atoms with Crippen LogP contribution in [0.15, 0.2) is 6.20 Å². The summed E-state index contributed by atoms with van der Waals surface area (Å²) in [5.74, 6) is 0.725. The molecular weight excluding hydrogens is 294 g/mol. The van der Waals surface area contributed by atoms with Crippen molar-refractivity contribution < 1.29 is 9.90 Å². The van der Waals surface area contributed by atoms with Gasteiger partial charge in [0.2, 0.25) is 5.91 Å². The number of aliphatic hydroxyl groups is 1. The Morgan fingerprint density at radius 1 is 1.30 bits per heavy atom. The first-order chi connectivity index (χ1) is 11.1. The monoisotopic (exact) mass is 321 g/mol. The Kier molecular flexibility index (Phi) is 5.27. The average molecular weight is 321 g/mol. The van der Waals surface area contributed by atoms with Crippen molar-refractivity contribution in [3.63, 3.8) is 0 Å². The van der Waals surface area contributed by atoms with Crippen LogP contribution in [0.1, 0.15) is 38.3 Å². The maximum atomic E-state index is 12.3. The van der Waals surface area contributed by atoms with Crippen molar-refractivity contribution in [2.75, 3.05) is 26.2 Å². The first-order valence-corrected chi connectivity index (χ1v) is 8.67. The van der Waals surface area contributed by atoms with Crippen LogP contribution >= 0.6 is 0 Å². The van der Waals surface area contributed by atoms with E-state index >= 15 is 0 Å². The number of hydrogen-bond donors (Lipinski definition) is 1. The molecule has 0 aliphatic carbocycles. The Balaban J connectivity index is 1.49. The van der Waals surface area contributed by atoms with E-state index in [-0.39, 0.29) is 18.6 Å². The molecule has 1 aromatic heterocycles. The van der Waals surface area contributed by atoms with Gasteiger partial charge in [-0.05, 0) is 31.6 Å². The van der Waals surface area contributed by atoms with Gasteiger partial charge in [0.1, 0.15) is 6.54 Å². The predicted octanol–water partition coefficient (Wildman–Crippen LogP) is 0.493. The van der Waals surface area contributed by atoms with Gasteiger partial charge in [0.25, 0.3) is 0 Å². The van der Waals surface area contributed by atoms with E-state index < -0.39 is 0 Å². The first kappa shape index (κ1) is 16.4. The van der Waals surface area contributed by atoms with Gasteiger partial charge in [0.05, 0.1) is 18.0 Å². The molecule has 1 atom stereocenters. The van der Waals surface area contributed by atoms with E-state index in [1.807, 2.05) is 11.1 Å². The van der Waals surface area contributed by atoms with E-state index in [1.165, 1.54) is 6.42 Å². The molecule has 2 aliphatic heterocycles. The molecule has 0 aromatic carbocycles. The highest BCUT2D eigenvalue weighted by atomic mass is 16.3. The predicted molar refractivity (Wildman–Crippen MR) is 85.5 cm³/mol. The lowest BCUT2D eigenvalue weighted by molar-refractivity contribution is -0.133. The smallest absolute Gasteiger partial charge is 0.244 e. The molecule has 7 heteroatoms. The molecule has 0 radical (unpaired) electrons. The molecule has 2 fully saturated rings. The number of amides is 1. The summed E-state index contributed by atoms with van der Waals surface area (Å²) in [4.78, 5) is 16.6. The number of aliphatic hydroxyl groups excluding tert-OH is 1. The number of likely N-dealkylation sites (tertiary alicyclic amines) is 2. The molecule has 1 unspecified atom stereocenters. The third-order valence-corrected chi connectivity index (χ3v) is 4.84. The average Bonchev–Trinajstić information content (AvgIpc) is 2.96. The lowest BCUT2D eigenvalue weighted by atomic mass is 10.0. The van der Waals surface area contributed by atoms with Gasteiger partial charge < -0.3 is 10.0 Å². The van der Waals surface area contributed by atoms with Crippen LogP contribution in [-0.4, -0.2) is 68.1 Å². The highest BCUT2D eigenvalue weighted by Gasteiger charge is 2.22. The van der Waals surface area contributed by atoms with Crippen LogP contribution < -0.4 is 0 Å². The molecule has 2 aliphatic rings. The molecular formula is C16H27N5O2. The molecule has 7 nitrogen and oxygen atoms in total. The van der Waals surface area contributed by atoms with E-state index in [0.717, 1.165) is 57.7 Å². The molecule has 0 spiro atoms. The number of carbonyl (C=O) groups excluding carboxylic acids is 1. The van der Waals surface area contributed by atoms with Gasteiger partial charge in [-0.1, -0.05) is 12.1 Å². The molecule has 0 saturated carbocycles. The van der Waals surface area contributed by atoms with Crippen LogP contribution in [0, 0.1) is 5.92 Å². The fraction of sp³-hybridized carbons (Fsp3) is 0.812. The summed E-state index contributed by atoms with van der Waals surface area (Å²) < 4.78 is 1.65. The normalized spacial score (nSPS) is 24.1. The first-order valence-electron chi connectivity index (χ1n) is 8.67. The van der Waals surface area contributed by atoms with Crippen LogP contribution in [0.5, 0.6) is 0 Å². The number of hydrogen-bond acceptors (Lipinski definition) is 5. The van der Waals surface area contributed by atoms with Crippen LogP contribution in [-0.2, 0) is 17.9 Å². The fourth-order valence-corrected chi connectivity index (χ4v) is 3.45. The fourth-order valence-electron chi connectivity index (χ4n) is 3.45. The molecule has 23 heavy (non-hydrogen) atoms. The molecule has 128 valence electrons. The van der Waals surface area contributed by atoms with Crippen molar-refractivity contribution in [3.8, 4) is 0 Å². The molecule has 3 heterocycles. The number of aromatic nitrogens is 3. The topological polar surface area (TPSA) is 74.5 Å². The zero-order valence-corrected chi connectivity index (χ0v) is 13.9. The van der Waals surface area contributed by atoms with E-state index in [9.17, 15) is 9.90 Å². The maximum Gasteiger partial charge on any atom is 0.244 e. The van der Waals surface area contributed by atoms with Gasteiger partial charge in [0.15, 0.2) is 0 Å². The molecule has 1 aromatic rings. The summed E-state index contributed by atoms with van der Waals surface area (Å²) in [5.41, 5.74) is 0.890. The van der Waals surface area contributed by atoms with Crippen LogP contribution in [0.25, 0.3) is 0 Å². The van der Waals surface area contributed by atoms with E-state index in [1.54, 1.807) is 4.68 Å². The summed E-state index contributed by atoms with van der Waals surface area (Å²) in [7, 11) is 0. The quantitative estimate of drug-likeness (QED) is 0.874. The Hall–Kier alpha value is -1.47. The number of piperidine rings is 2. The molecule has 3 rings (SSSR count). The zero-order chi connectivity index (χ0) is 16.2. The highest BCUT2D eigenvalue weighted by Crippen LogP contribution is 2.16. The van der Waals surface area contributed by atoms with E-state index in [4.69, 9.17) is 0 Å². The standard InChI is InChI=1S/C16H27N5O2/c1-13-3-2-6-20(9-13)16(23)12-21-11-14(17-18-21)10-19-7-4-15(22)5-8-19/h11,13,15,22H,2-10,12H2,1H3. The van der Waals surface area contributed by atoms with Crippen LogP contribution in [0.2, 0.25) is 0 Å². The Labute approximate surface area is 137 Å². The highest BCUT2D eigenvalue weighted by molar-refractivity contribution is 5.76. The van der Waals surface area contributed by atoms with E-state index in [2.05, 4.69) is 22.1 Å². The number of nitrogens with zero attached hydrogens (tertiary/aromatic N) is 5. The lowest BCUT2D eigenvalue weighted by Gasteiger charge is -2.30. The van der Waals surface area contributed by atoms with Crippen molar-refractivity contribution in [3.05, 3.63) is 11.9 Å². The second-order valence-electron chi connectivity index (χ2n) is 7.00. The summed E-state index contributed by atoms with van der Waals surface area (Å²) in [5, 5.41) is 17.8. The van der Waals surface area contributed by atoms with Crippen molar-refractivity contribution in [1.29, 1.82) is 0 Å². The summed E-state index contributed by atoms with van der Waals surface area (Å²) in [6.45, 7) is 6.71. The van der Waals surface area contributed by atoms with Gasteiger partial charge in [-0.3, -0.25) is 9.69 Å². The van der Waals surface area contributed by atoms with Gasteiger partial charge in [-0.15, -0.1) is 5.10 Å². The second kappa shape index (κ2) is 7.40. The summed E-state index contributed by atoms with van der Waals surface area (Å²) in [6.07, 6.45) is 5.65. The Morgan fingerprint density at radius 3 is 2.83 bits per heavy atom. The van der Waals surface area contributed by atoms with Gasteiger partial charge in [-0.2, -0.15) is 0 Å². The molecule has 2 saturated heterocycles. The van der Waals surface area contributed by atoms with Crippen LogP contribution in [0.4, 0.5) is 0 Å². The third-order valence-electron chi connectivity index (χ3n) is 4.84. The maximum absolute atomic E-state index is 12.3. The summed E-state index contributed by atoms with van der Waals surface area (Å²) >= 11 is 0. The molecule has 1 N–H and O–H groups in total. The zero-order valence-electron chi connectivity index (χ0n) is 13.9. The second-order valence-corrected chi connectivity index (χ2v) is 7.00. The molecule has 0 bridgehead atoms. The third kappa shape index (κ3) is 4.51. The Bertz CT molecular complexity index is 524. The van der Waals surface area contributed by atoms with Gasteiger partial charge >= 0.3 is 0 Å². The largest absolute Gasteiger partial charge is 0.393 e. The minimum absolute atomic E-state index is 0.133. The van der Waals surface area contributed by atoms with Crippen LogP contribution in [0.3, 0.4) is 0 Å². The summed E-state index contributed by atoms with van der Waals surface area (Å²) in [6, 6.07) is 0. The van der Waals surface area contributed by atoms with Crippen molar-refractivity contribution >= 4 is 5.91 Å². The molecule has 1 amide bonds. The van der Waals surface area contributed by atoms with Gasteiger partial charge in [-0.25, -0.2) is 4.68 Å². The van der Waals surface area contributed by atoms with E-state index in [0.29, 0.717) is 5.92 Å². The van der Waals surface area contributed by atoms with Crippen molar-refractivity contribution in [1.82, 2.24) is 24.8 Å². The minimum Gasteiger partial charge on any atom is -0.393 e. The van der Waals surface area contributed by atoms with Crippen molar-refractivity contribution in [2.45, 2.75) is 51.8 Å². The minimum atomic E-state index is -0.161. The van der Waals surface area contributed by atoms with Crippen molar-refractivity contribution in [2.24, 2.45) is 5.92 Å². The number of rotatable bonds is 4.